The number of piperazine rings is 1. The Morgan fingerprint density at radius 3 is 2.27 bits per heavy atom. The van der Waals surface area contributed by atoms with Gasteiger partial charge in [-0.2, -0.15) is 10.2 Å². The summed E-state index contributed by atoms with van der Waals surface area (Å²) in [6, 6.07) is 6.03. The quantitative estimate of drug-likeness (QED) is 0.157. The van der Waals surface area contributed by atoms with Crippen molar-refractivity contribution in [2.24, 2.45) is 13.0 Å². The maximum atomic E-state index is 13.2. The van der Waals surface area contributed by atoms with Crippen molar-refractivity contribution in [3.8, 4) is 22.8 Å². The topological polar surface area (TPSA) is 242 Å². The summed E-state index contributed by atoms with van der Waals surface area (Å²) in [5, 5.41) is 17.9. The number of rotatable bonds is 11. The van der Waals surface area contributed by atoms with E-state index in [1.807, 2.05) is 47.6 Å². The molecule has 21 nitrogen and oxygen atoms in total. The summed E-state index contributed by atoms with van der Waals surface area (Å²) in [5.41, 5.74) is 12.0. The molecule has 2 saturated carbocycles. The molecule has 1 aromatic carbocycles. The Labute approximate surface area is 404 Å². The van der Waals surface area contributed by atoms with Crippen molar-refractivity contribution in [1.82, 2.24) is 64.7 Å². The van der Waals surface area contributed by atoms with E-state index < -0.39 is 12.1 Å². The van der Waals surface area contributed by atoms with Gasteiger partial charge in [0.1, 0.15) is 23.5 Å². The smallest absolute Gasteiger partial charge is 0.410 e. The number of anilines is 2. The molecule has 11 rings (SSSR count). The maximum Gasteiger partial charge on any atom is 0.410 e. The summed E-state index contributed by atoms with van der Waals surface area (Å²) in [6.07, 6.45) is 12.8. The lowest BCUT2D eigenvalue weighted by Gasteiger charge is -2.38. The van der Waals surface area contributed by atoms with Crippen molar-refractivity contribution in [3.63, 3.8) is 0 Å². The van der Waals surface area contributed by atoms with Crippen molar-refractivity contribution >= 4 is 57.5 Å². The van der Waals surface area contributed by atoms with Crippen LogP contribution in [0.25, 0.3) is 44.7 Å². The Kier molecular flexibility index (Phi) is 12.1. The molecule has 70 heavy (non-hydrogen) atoms. The fourth-order valence-electron chi connectivity index (χ4n) is 10.9. The van der Waals surface area contributed by atoms with Crippen LogP contribution in [0.4, 0.5) is 21.2 Å². The van der Waals surface area contributed by atoms with Gasteiger partial charge in [0.15, 0.2) is 29.7 Å². The zero-order valence-corrected chi connectivity index (χ0v) is 39.9. The van der Waals surface area contributed by atoms with E-state index >= 15 is 0 Å². The summed E-state index contributed by atoms with van der Waals surface area (Å²) in [5.74, 6) is 3.16. The molecule has 2 aliphatic carbocycles. The van der Waals surface area contributed by atoms with Crippen LogP contribution < -0.4 is 16.0 Å². The fraction of sp³-hybridized carbons (Fsp3) is 0.531. The largest absolute Gasteiger partial charge is 0.439 e. The Bertz CT molecular complexity index is 2950. The summed E-state index contributed by atoms with van der Waals surface area (Å²) in [4.78, 5) is 76.5. The average Bonchev–Trinajstić information content (AvgIpc) is 3.86. The van der Waals surface area contributed by atoms with Gasteiger partial charge in [-0.3, -0.25) is 29.4 Å². The molecule has 0 bridgehead atoms. The van der Waals surface area contributed by atoms with Crippen molar-refractivity contribution in [1.29, 1.82) is 0 Å². The number of fused-ring (bicyclic) bond motifs is 2. The molecule has 21 heteroatoms. The van der Waals surface area contributed by atoms with Crippen LogP contribution >= 0.6 is 0 Å². The molecule has 3 saturated heterocycles. The minimum atomic E-state index is -0.464. The molecule has 5 aliphatic rings. The predicted octanol–water partition coefficient (Wildman–Crippen LogP) is 5.75. The van der Waals surface area contributed by atoms with Gasteiger partial charge < -0.3 is 24.8 Å². The summed E-state index contributed by atoms with van der Waals surface area (Å²) < 4.78 is 15.2. The SMILES string of the molecule is CC(C)n1nc(-c2noc(C3CC3)c2-c2ncc(C3CCN(C(=O)OCC(=O)N4CCN(CC5CCC(c6ccc7c(N8CCC(=O)NC8=O)nn(C)c7c6)CC5)CC4)CC3)cn2)c2c(N)ncnc21. The number of nitrogens with one attached hydrogen (secondary N) is 1. The number of amides is 5. The number of aromatic nitrogens is 9. The highest BCUT2D eigenvalue weighted by atomic mass is 16.6. The first-order chi connectivity index (χ1) is 34.0. The molecule has 5 fully saturated rings. The summed E-state index contributed by atoms with van der Waals surface area (Å²) in [6.45, 7) is 8.95. The molecule has 5 aromatic heterocycles. The summed E-state index contributed by atoms with van der Waals surface area (Å²) >= 11 is 0. The van der Waals surface area contributed by atoms with Gasteiger partial charge in [-0.1, -0.05) is 11.2 Å². The van der Waals surface area contributed by atoms with Crippen molar-refractivity contribution in [2.75, 3.05) is 69.6 Å². The molecule has 366 valence electrons. The number of aryl methyl sites for hydroxylation is 1. The highest BCUT2D eigenvalue weighted by Gasteiger charge is 2.37. The lowest BCUT2D eigenvalue weighted by atomic mass is 9.78. The van der Waals surface area contributed by atoms with Gasteiger partial charge in [-0.15, -0.1) is 0 Å². The molecule has 6 aromatic rings. The number of nitrogens with zero attached hydrogens (tertiary/aromatic N) is 13. The second-order valence-corrected chi connectivity index (χ2v) is 19.9. The van der Waals surface area contributed by atoms with Crippen LogP contribution in [0.15, 0.2) is 41.4 Å². The number of carbonyl (C=O) groups is 4. The number of imide groups is 1. The van der Waals surface area contributed by atoms with E-state index in [0.29, 0.717) is 103 Å². The molecule has 0 spiro atoms. The van der Waals surface area contributed by atoms with Gasteiger partial charge >= 0.3 is 12.1 Å². The molecule has 0 unspecified atom stereocenters. The molecule has 3 aliphatic heterocycles. The van der Waals surface area contributed by atoms with Gasteiger partial charge in [0, 0.05) is 95.6 Å². The Hall–Kier alpha value is -7.03. The van der Waals surface area contributed by atoms with E-state index in [1.54, 1.807) is 9.80 Å². The lowest BCUT2D eigenvalue weighted by molar-refractivity contribution is -0.136. The van der Waals surface area contributed by atoms with Gasteiger partial charge in [0.25, 0.3) is 5.91 Å². The standard InChI is InChI=1S/C49H59N15O6/c1-28(2)64-47-40(44(50)53-27-54-47)41(56-64)42-39(43(70-58-42)32-8-9-32)45-51-23-34(24-52-45)31-12-15-62(16-13-31)49(68)69-26-38(66)61-20-18-60(19-21-61)25-29-4-6-30(7-5-29)33-10-11-35-36(22-33)59(3)57-46(35)63-17-14-37(65)55-48(63)67/h10-11,22-24,27-32H,4-9,12-21,25-26H2,1-3H3,(H2,50,53,54)(H,55,65,67). The second-order valence-electron chi connectivity index (χ2n) is 19.9. The van der Waals surface area contributed by atoms with Crippen molar-refractivity contribution in [3.05, 3.63) is 53.8 Å². The van der Waals surface area contributed by atoms with E-state index in [9.17, 15) is 19.2 Å². The first-order valence-electron chi connectivity index (χ1n) is 24.8. The van der Waals surface area contributed by atoms with Crippen LogP contribution in [0, 0.1) is 5.92 Å². The predicted molar refractivity (Wildman–Crippen MR) is 257 cm³/mol. The first kappa shape index (κ1) is 45.4. The Balaban J connectivity index is 0.625. The monoisotopic (exact) mass is 953 g/mol. The number of ether oxygens (including phenoxy) is 1. The van der Waals surface area contributed by atoms with Crippen molar-refractivity contribution in [2.45, 2.75) is 95.4 Å². The third-order valence-electron chi connectivity index (χ3n) is 15.1. The molecule has 0 atom stereocenters. The Morgan fingerprint density at radius 2 is 1.56 bits per heavy atom. The Morgan fingerprint density at radius 1 is 0.829 bits per heavy atom. The van der Waals surface area contributed by atoms with E-state index in [4.69, 9.17) is 30.1 Å². The minimum absolute atomic E-state index is 0.0211. The van der Waals surface area contributed by atoms with Crippen molar-refractivity contribution < 1.29 is 28.4 Å². The number of nitrogens with two attached hydrogens (primary N) is 1. The van der Waals surface area contributed by atoms with Crippen LogP contribution in [0.1, 0.15) is 112 Å². The van der Waals surface area contributed by atoms with Gasteiger partial charge in [0.05, 0.1) is 16.5 Å². The average molecular weight is 954 g/mol. The molecular formula is C49H59N15O6. The number of hydrogen-bond acceptors (Lipinski definition) is 15. The molecule has 5 amide bonds. The third kappa shape index (κ3) is 8.79. The number of hydrogen-bond donors (Lipinski definition) is 2. The van der Waals surface area contributed by atoms with Gasteiger partial charge in [0.2, 0.25) is 5.91 Å². The third-order valence-corrected chi connectivity index (χ3v) is 15.1. The van der Waals surface area contributed by atoms with E-state index in [-0.39, 0.29) is 42.7 Å². The number of nitrogen functional groups attached to an aromatic ring is 1. The van der Waals surface area contributed by atoms with Crippen LogP contribution in [-0.4, -0.2) is 142 Å². The van der Waals surface area contributed by atoms with E-state index in [2.05, 4.69) is 48.6 Å². The minimum Gasteiger partial charge on any atom is -0.439 e. The lowest BCUT2D eigenvalue weighted by Crippen LogP contribution is -2.51. The van der Waals surface area contributed by atoms with Gasteiger partial charge in [-0.05, 0) is 106 Å². The van der Waals surface area contributed by atoms with Crippen LogP contribution in [0.5, 0.6) is 0 Å². The molecule has 0 radical (unpaired) electrons. The summed E-state index contributed by atoms with van der Waals surface area (Å²) in [7, 11) is 1.89. The number of likely N-dealkylation sites (tertiary alicyclic amines) is 1. The highest BCUT2D eigenvalue weighted by molar-refractivity contribution is 6.09. The number of carbonyl (C=O) groups excluding carboxylic acids is 4. The second kappa shape index (κ2) is 18.7. The van der Waals surface area contributed by atoms with Crippen LogP contribution in [0.3, 0.4) is 0 Å². The van der Waals surface area contributed by atoms with Crippen LogP contribution in [-0.2, 0) is 21.4 Å². The first-order valence-corrected chi connectivity index (χ1v) is 24.8. The fourth-order valence-corrected chi connectivity index (χ4v) is 10.9. The number of benzene rings is 1. The molecular weight excluding hydrogens is 895 g/mol. The normalized spacial score (nSPS) is 20.8. The van der Waals surface area contributed by atoms with E-state index in [1.165, 1.54) is 11.9 Å². The zero-order valence-electron chi connectivity index (χ0n) is 39.9. The number of urea groups is 1. The molecule has 8 heterocycles. The van der Waals surface area contributed by atoms with Gasteiger partial charge in [-0.25, -0.2) is 34.2 Å². The van der Waals surface area contributed by atoms with E-state index in [0.717, 1.165) is 80.4 Å². The molecule has 3 N–H and O–H groups in total. The number of piperidine rings is 1. The van der Waals surface area contributed by atoms with Crippen LogP contribution in [0.2, 0.25) is 0 Å². The maximum absolute atomic E-state index is 13.2. The highest BCUT2D eigenvalue weighted by Crippen LogP contribution is 2.48. The zero-order chi connectivity index (χ0) is 48.2.